The number of nitrogens with one attached hydrogen (secondary N) is 1. The summed E-state index contributed by atoms with van der Waals surface area (Å²) in [5.74, 6) is -2.06. The second-order valence-corrected chi connectivity index (χ2v) is 5.25. The number of hydrogen-bond acceptors (Lipinski definition) is 3. The minimum atomic E-state index is -1.18. The lowest BCUT2D eigenvalue weighted by Crippen LogP contribution is -2.28. The van der Waals surface area contributed by atoms with Crippen molar-refractivity contribution in [2.24, 2.45) is 5.92 Å². The third-order valence-corrected chi connectivity index (χ3v) is 3.67. The van der Waals surface area contributed by atoms with Gasteiger partial charge in [0.1, 0.15) is 0 Å². The fourth-order valence-electron chi connectivity index (χ4n) is 2.29. The van der Waals surface area contributed by atoms with E-state index in [-0.39, 0.29) is 34.5 Å². The van der Waals surface area contributed by atoms with Crippen molar-refractivity contribution in [2.75, 3.05) is 18.4 Å². The Morgan fingerprint density at radius 1 is 1.48 bits per heavy atom. The average molecular weight is 311 g/mol. The summed E-state index contributed by atoms with van der Waals surface area (Å²) in [6.07, 6.45) is 0.148. The molecule has 2 N–H and O–H groups in total. The maximum Gasteiger partial charge on any atom is 0.337 e. The number of aromatic carboxylic acids is 1. The van der Waals surface area contributed by atoms with Crippen molar-refractivity contribution in [1.82, 2.24) is 4.90 Å². The quantitative estimate of drug-likeness (QED) is 0.888. The van der Waals surface area contributed by atoms with Gasteiger partial charge in [-0.3, -0.25) is 9.59 Å². The molecule has 1 aliphatic heterocycles. The van der Waals surface area contributed by atoms with E-state index in [0.29, 0.717) is 13.1 Å². The highest BCUT2D eigenvalue weighted by molar-refractivity contribution is 6.31. The Hall–Kier alpha value is -2.08. The predicted octanol–water partition coefficient (Wildman–Crippen LogP) is 1.85. The molecule has 0 spiro atoms. The van der Waals surface area contributed by atoms with Crippen molar-refractivity contribution >= 4 is 35.1 Å². The summed E-state index contributed by atoms with van der Waals surface area (Å²) in [5.41, 5.74) is 0.104. The van der Waals surface area contributed by atoms with E-state index >= 15 is 0 Å². The third kappa shape index (κ3) is 3.33. The molecule has 0 radical (unpaired) electrons. The number of benzene rings is 1. The van der Waals surface area contributed by atoms with Gasteiger partial charge in [0.15, 0.2) is 0 Å². The number of carboxylic acid groups (broad SMARTS) is 1. The van der Waals surface area contributed by atoms with Gasteiger partial charge < -0.3 is 15.3 Å². The van der Waals surface area contributed by atoms with Crippen molar-refractivity contribution in [2.45, 2.75) is 13.3 Å². The lowest BCUT2D eigenvalue weighted by Gasteiger charge is -2.14. The summed E-state index contributed by atoms with van der Waals surface area (Å²) in [7, 11) is 0. The highest BCUT2D eigenvalue weighted by atomic mass is 35.5. The van der Waals surface area contributed by atoms with E-state index in [2.05, 4.69) is 5.32 Å². The maximum atomic E-state index is 12.2. The third-order valence-electron chi connectivity index (χ3n) is 3.44. The normalized spacial score (nSPS) is 17.9. The van der Waals surface area contributed by atoms with Gasteiger partial charge in [-0.05, 0) is 25.1 Å². The zero-order chi connectivity index (χ0) is 15.6. The lowest BCUT2D eigenvalue weighted by molar-refractivity contribution is -0.128. The van der Waals surface area contributed by atoms with E-state index in [1.54, 1.807) is 4.90 Å². The maximum absolute atomic E-state index is 12.2. The number of carbonyl (C=O) groups is 3. The molecular weight excluding hydrogens is 296 g/mol. The van der Waals surface area contributed by atoms with Crippen LogP contribution >= 0.6 is 11.6 Å². The Balaban J connectivity index is 2.14. The van der Waals surface area contributed by atoms with E-state index in [1.807, 2.05) is 6.92 Å². The number of halogens is 1. The molecule has 2 rings (SSSR count). The van der Waals surface area contributed by atoms with Crippen LogP contribution in [0.5, 0.6) is 0 Å². The molecule has 6 nitrogen and oxygen atoms in total. The number of anilines is 1. The van der Waals surface area contributed by atoms with Gasteiger partial charge >= 0.3 is 5.97 Å². The van der Waals surface area contributed by atoms with Gasteiger partial charge in [0.2, 0.25) is 11.8 Å². The van der Waals surface area contributed by atoms with Gasteiger partial charge in [-0.25, -0.2) is 4.79 Å². The van der Waals surface area contributed by atoms with Crippen LogP contribution in [0.2, 0.25) is 5.02 Å². The summed E-state index contributed by atoms with van der Waals surface area (Å²) in [6, 6.07) is 4.22. The average Bonchev–Trinajstić information content (AvgIpc) is 2.81. The van der Waals surface area contributed by atoms with Gasteiger partial charge in [0.05, 0.1) is 17.2 Å². The summed E-state index contributed by atoms with van der Waals surface area (Å²) in [6.45, 7) is 2.76. The number of rotatable bonds is 4. The van der Waals surface area contributed by atoms with Crippen LogP contribution in [0.15, 0.2) is 18.2 Å². The lowest BCUT2D eigenvalue weighted by atomic mass is 10.1. The number of carbonyl (C=O) groups excluding carboxylic acids is 2. The molecule has 1 fully saturated rings. The SMILES string of the molecule is CCN1CC(C(=O)Nc2ccc(Cl)cc2C(=O)O)CC1=O. The second-order valence-electron chi connectivity index (χ2n) is 4.82. The van der Waals surface area contributed by atoms with Crippen molar-refractivity contribution in [3.8, 4) is 0 Å². The fourth-order valence-corrected chi connectivity index (χ4v) is 2.46. The molecule has 1 aromatic carbocycles. The van der Waals surface area contributed by atoms with Gasteiger partial charge in [0.25, 0.3) is 0 Å². The molecule has 2 amide bonds. The van der Waals surface area contributed by atoms with E-state index in [0.717, 1.165) is 0 Å². The number of carboxylic acids is 1. The first-order valence-corrected chi connectivity index (χ1v) is 6.91. The highest BCUT2D eigenvalue weighted by Crippen LogP contribution is 2.24. The number of likely N-dealkylation sites (tertiary alicyclic amines) is 1. The monoisotopic (exact) mass is 310 g/mol. The molecular formula is C14H15ClN2O4. The predicted molar refractivity (Wildman–Crippen MR) is 77.4 cm³/mol. The summed E-state index contributed by atoms with van der Waals surface area (Å²) in [5, 5.41) is 12.0. The van der Waals surface area contributed by atoms with Crippen molar-refractivity contribution in [1.29, 1.82) is 0 Å². The Bertz CT molecular complexity index is 603. The van der Waals surface area contributed by atoms with Gasteiger partial charge in [-0.2, -0.15) is 0 Å². The number of nitrogens with zero attached hydrogens (tertiary/aromatic N) is 1. The number of hydrogen-bond donors (Lipinski definition) is 2. The van der Waals surface area contributed by atoms with Crippen molar-refractivity contribution in [3.63, 3.8) is 0 Å². The zero-order valence-electron chi connectivity index (χ0n) is 11.4. The van der Waals surface area contributed by atoms with Crippen LogP contribution < -0.4 is 5.32 Å². The topological polar surface area (TPSA) is 86.7 Å². The Kier molecular flexibility index (Phi) is 4.47. The molecule has 112 valence electrons. The van der Waals surface area contributed by atoms with Crippen LogP contribution in [-0.4, -0.2) is 40.9 Å². The molecule has 0 bridgehead atoms. The molecule has 1 aromatic rings. The van der Waals surface area contributed by atoms with Crippen LogP contribution in [0.25, 0.3) is 0 Å². The summed E-state index contributed by atoms with van der Waals surface area (Å²) < 4.78 is 0. The molecule has 7 heteroatoms. The van der Waals surface area contributed by atoms with Crippen LogP contribution in [-0.2, 0) is 9.59 Å². The molecule has 21 heavy (non-hydrogen) atoms. The molecule has 0 saturated carbocycles. The molecule has 1 atom stereocenters. The van der Waals surface area contributed by atoms with Crippen molar-refractivity contribution < 1.29 is 19.5 Å². The molecule has 1 aliphatic rings. The number of amides is 2. The van der Waals surface area contributed by atoms with Gasteiger partial charge in [0, 0.05) is 24.5 Å². The molecule has 0 aromatic heterocycles. The molecule has 1 unspecified atom stereocenters. The Morgan fingerprint density at radius 3 is 2.76 bits per heavy atom. The van der Waals surface area contributed by atoms with E-state index in [4.69, 9.17) is 16.7 Å². The first-order valence-electron chi connectivity index (χ1n) is 6.53. The standard InChI is InChI=1S/C14H15ClN2O4/c1-2-17-7-8(5-12(17)18)13(19)16-11-4-3-9(15)6-10(11)14(20)21/h3-4,6,8H,2,5,7H2,1H3,(H,16,19)(H,20,21). The first kappa shape index (κ1) is 15.3. The molecule has 0 aliphatic carbocycles. The van der Waals surface area contributed by atoms with E-state index in [1.165, 1.54) is 18.2 Å². The summed E-state index contributed by atoms with van der Waals surface area (Å²) in [4.78, 5) is 36.5. The smallest absolute Gasteiger partial charge is 0.337 e. The fraction of sp³-hybridized carbons (Fsp3) is 0.357. The molecule has 1 heterocycles. The summed E-state index contributed by atoms with van der Waals surface area (Å²) >= 11 is 5.75. The minimum absolute atomic E-state index is 0.0628. The van der Waals surface area contributed by atoms with Crippen LogP contribution in [0.4, 0.5) is 5.69 Å². The van der Waals surface area contributed by atoms with Crippen LogP contribution in [0.3, 0.4) is 0 Å². The largest absolute Gasteiger partial charge is 0.478 e. The van der Waals surface area contributed by atoms with Crippen molar-refractivity contribution in [3.05, 3.63) is 28.8 Å². The van der Waals surface area contributed by atoms with E-state index in [9.17, 15) is 14.4 Å². The first-order chi connectivity index (χ1) is 9.92. The Morgan fingerprint density at radius 2 is 2.19 bits per heavy atom. The Labute approximate surface area is 126 Å². The van der Waals surface area contributed by atoms with Crippen LogP contribution in [0.1, 0.15) is 23.7 Å². The van der Waals surface area contributed by atoms with E-state index < -0.39 is 11.9 Å². The molecule has 1 saturated heterocycles. The van der Waals surface area contributed by atoms with Gasteiger partial charge in [-0.1, -0.05) is 11.6 Å². The highest BCUT2D eigenvalue weighted by Gasteiger charge is 2.33. The van der Waals surface area contributed by atoms with Gasteiger partial charge in [-0.15, -0.1) is 0 Å². The zero-order valence-corrected chi connectivity index (χ0v) is 12.2. The second kappa shape index (κ2) is 6.13. The van der Waals surface area contributed by atoms with Crippen LogP contribution in [0, 0.1) is 5.92 Å². The minimum Gasteiger partial charge on any atom is -0.478 e.